The second-order valence-electron chi connectivity index (χ2n) is 6.07. The van der Waals surface area contributed by atoms with Crippen LogP contribution in [-0.4, -0.2) is 27.4 Å². The summed E-state index contributed by atoms with van der Waals surface area (Å²) in [5.41, 5.74) is 2.00. The van der Waals surface area contributed by atoms with Crippen molar-refractivity contribution in [3.8, 4) is 0 Å². The standard InChI is InChI=1S/C18H20N2O3S/c1-14-7-9-16(10-8-14)20-13-15(11-18(20)21)12-19-24(22,23)17-5-3-2-4-6-17/h2-10,15,19H,11-13H2,1H3/t15-/m0/s1. The van der Waals surface area contributed by atoms with Crippen LogP contribution in [0.5, 0.6) is 0 Å². The normalized spacial score (nSPS) is 18.1. The Morgan fingerprint density at radius 1 is 1.08 bits per heavy atom. The van der Waals surface area contributed by atoms with Crippen molar-refractivity contribution in [3.05, 3.63) is 60.2 Å². The first-order chi connectivity index (χ1) is 11.5. The van der Waals surface area contributed by atoms with Gasteiger partial charge in [0.15, 0.2) is 0 Å². The number of rotatable bonds is 5. The van der Waals surface area contributed by atoms with Crippen molar-refractivity contribution in [1.29, 1.82) is 0 Å². The first-order valence-corrected chi connectivity index (χ1v) is 9.36. The van der Waals surface area contributed by atoms with E-state index in [1.807, 2.05) is 31.2 Å². The molecule has 126 valence electrons. The fourth-order valence-electron chi connectivity index (χ4n) is 2.80. The van der Waals surface area contributed by atoms with Crippen LogP contribution in [0.25, 0.3) is 0 Å². The molecule has 1 saturated heterocycles. The minimum Gasteiger partial charge on any atom is -0.312 e. The summed E-state index contributed by atoms with van der Waals surface area (Å²) in [5, 5.41) is 0. The Bertz CT molecular complexity index is 817. The highest BCUT2D eigenvalue weighted by molar-refractivity contribution is 7.89. The number of nitrogens with one attached hydrogen (secondary N) is 1. The number of carbonyl (C=O) groups excluding carboxylic acids is 1. The average Bonchev–Trinajstić information content (AvgIpc) is 2.96. The molecule has 5 nitrogen and oxygen atoms in total. The number of sulfonamides is 1. The van der Waals surface area contributed by atoms with Gasteiger partial charge in [0, 0.05) is 25.2 Å². The smallest absolute Gasteiger partial charge is 0.240 e. The van der Waals surface area contributed by atoms with Gasteiger partial charge < -0.3 is 4.90 Å². The number of hydrogen-bond donors (Lipinski definition) is 1. The lowest BCUT2D eigenvalue weighted by molar-refractivity contribution is -0.117. The Labute approximate surface area is 142 Å². The predicted octanol–water partition coefficient (Wildman–Crippen LogP) is 2.33. The number of nitrogens with zero attached hydrogens (tertiary/aromatic N) is 1. The molecule has 0 radical (unpaired) electrons. The van der Waals surface area contributed by atoms with Crippen LogP contribution in [-0.2, 0) is 14.8 Å². The number of amides is 1. The maximum Gasteiger partial charge on any atom is 0.240 e. The van der Waals surface area contributed by atoms with E-state index >= 15 is 0 Å². The topological polar surface area (TPSA) is 66.5 Å². The maximum atomic E-state index is 12.2. The molecule has 0 saturated carbocycles. The minimum absolute atomic E-state index is 0.0303. The molecule has 2 aromatic carbocycles. The second kappa shape index (κ2) is 6.75. The number of hydrogen-bond acceptors (Lipinski definition) is 3. The summed E-state index contributed by atoms with van der Waals surface area (Å²) in [7, 11) is -3.53. The molecular formula is C18H20N2O3S. The molecule has 3 rings (SSSR count). The minimum atomic E-state index is -3.53. The van der Waals surface area contributed by atoms with Gasteiger partial charge in [-0.25, -0.2) is 13.1 Å². The van der Waals surface area contributed by atoms with Crippen molar-refractivity contribution in [2.24, 2.45) is 5.92 Å². The van der Waals surface area contributed by atoms with Crippen molar-refractivity contribution in [1.82, 2.24) is 4.72 Å². The fourth-order valence-corrected chi connectivity index (χ4v) is 3.94. The summed E-state index contributed by atoms with van der Waals surface area (Å²) in [6.07, 6.45) is 0.352. The molecule has 1 atom stereocenters. The molecule has 1 N–H and O–H groups in total. The summed E-state index contributed by atoms with van der Waals surface area (Å²) in [6.45, 7) is 2.78. The van der Waals surface area contributed by atoms with E-state index in [1.54, 1.807) is 35.2 Å². The van der Waals surface area contributed by atoms with Gasteiger partial charge in [-0.3, -0.25) is 4.79 Å². The highest BCUT2D eigenvalue weighted by Gasteiger charge is 2.31. The van der Waals surface area contributed by atoms with Crippen LogP contribution in [0.3, 0.4) is 0 Å². The molecule has 0 aromatic heterocycles. The molecule has 6 heteroatoms. The molecule has 1 aliphatic rings. The van der Waals surface area contributed by atoms with Gasteiger partial charge >= 0.3 is 0 Å². The van der Waals surface area contributed by atoms with Gasteiger partial charge in [0.25, 0.3) is 0 Å². The molecule has 0 spiro atoms. The van der Waals surface area contributed by atoms with Crippen molar-refractivity contribution in [3.63, 3.8) is 0 Å². The molecule has 1 heterocycles. The van der Waals surface area contributed by atoms with Crippen LogP contribution in [0.1, 0.15) is 12.0 Å². The van der Waals surface area contributed by atoms with Crippen molar-refractivity contribution >= 4 is 21.6 Å². The number of aryl methyl sites for hydroxylation is 1. The first-order valence-electron chi connectivity index (χ1n) is 7.87. The molecule has 1 amide bonds. The molecule has 1 aliphatic heterocycles. The zero-order valence-corrected chi connectivity index (χ0v) is 14.3. The molecule has 0 bridgehead atoms. The zero-order valence-electron chi connectivity index (χ0n) is 13.5. The lowest BCUT2D eigenvalue weighted by Gasteiger charge is -2.17. The van der Waals surface area contributed by atoms with Gasteiger partial charge in [0.05, 0.1) is 4.90 Å². The quantitative estimate of drug-likeness (QED) is 0.905. The van der Waals surface area contributed by atoms with E-state index in [9.17, 15) is 13.2 Å². The Hall–Kier alpha value is -2.18. The van der Waals surface area contributed by atoms with Gasteiger partial charge in [-0.1, -0.05) is 35.9 Å². The summed E-state index contributed by atoms with van der Waals surface area (Å²) in [5.74, 6) is 0.0000486. The third-order valence-electron chi connectivity index (χ3n) is 4.17. The Morgan fingerprint density at radius 3 is 2.42 bits per heavy atom. The summed E-state index contributed by atoms with van der Waals surface area (Å²) < 4.78 is 27.1. The van der Waals surface area contributed by atoms with E-state index in [4.69, 9.17) is 0 Å². The Balaban J connectivity index is 1.63. The monoisotopic (exact) mass is 344 g/mol. The van der Waals surface area contributed by atoms with Crippen LogP contribution in [0, 0.1) is 12.8 Å². The molecule has 0 aliphatic carbocycles. The van der Waals surface area contributed by atoms with Gasteiger partial charge in [-0.2, -0.15) is 0 Å². The summed E-state index contributed by atoms with van der Waals surface area (Å²) in [6, 6.07) is 16.0. The maximum absolute atomic E-state index is 12.2. The van der Waals surface area contributed by atoms with E-state index in [0.29, 0.717) is 13.0 Å². The van der Waals surface area contributed by atoms with E-state index < -0.39 is 10.0 Å². The van der Waals surface area contributed by atoms with Crippen LogP contribution in [0.4, 0.5) is 5.69 Å². The van der Waals surface area contributed by atoms with Gasteiger partial charge in [0.2, 0.25) is 15.9 Å². The largest absolute Gasteiger partial charge is 0.312 e. The number of anilines is 1. The van der Waals surface area contributed by atoms with Gasteiger partial charge in [0.1, 0.15) is 0 Å². The Kier molecular flexibility index (Phi) is 4.69. The highest BCUT2D eigenvalue weighted by Crippen LogP contribution is 2.25. The Morgan fingerprint density at radius 2 is 1.75 bits per heavy atom. The van der Waals surface area contributed by atoms with Gasteiger partial charge in [-0.05, 0) is 37.1 Å². The third-order valence-corrected chi connectivity index (χ3v) is 5.61. The van der Waals surface area contributed by atoms with E-state index in [0.717, 1.165) is 11.3 Å². The molecule has 1 fully saturated rings. The van der Waals surface area contributed by atoms with Crippen molar-refractivity contribution in [2.45, 2.75) is 18.2 Å². The first kappa shape index (κ1) is 16.7. The van der Waals surface area contributed by atoms with E-state index in [2.05, 4.69) is 4.72 Å². The van der Waals surface area contributed by atoms with Crippen molar-refractivity contribution in [2.75, 3.05) is 18.0 Å². The van der Waals surface area contributed by atoms with Crippen LogP contribution >= 0.6 is 0 Å². The predicted molar refractivity (Wildman–Crippen MR) is 93.3 cm³/mol. The van der Waals surface area contributed by atoms with E-state index in [-0.39, 0.29) is 23.3 Å². The molecule has 2 aromatic rings. The van der Waals surface area contributed by atoms with Gasteiger partial charge in [-0.15, -0.1) is 0 Å². The SMILES string of the molecule is Cc1ccc(N2C[C@H](CNS(=O)(=O)c3ccccc3)CC2=O)cc1. The number of carbonyl (C=O) groups is 1. The molecule has 0 unspecified atom stereocenters. The number of benzene rings is 2. The van der Waals surface area contributed by atoms with Crippen LogP contribution in [0.15, 0.2) is 59.5 Å². The van der Waals surface area contributed by atoms with Crippen LogP contribution in [0.2, 0.25) is 0 Å². The van der Waals surface area contributed by atoms with Crippen LogP contribution < -0.4 is 9.62 Å². The third kappa shape index (κ3) is 3.66. The lowest BCUT2D eigenvalue weighted by atomic mass is 10.1. The van der Waals surface area contributed by atoms with E-state index in [1.165, 1.54) is 0 Å². The fraction of sp³-hybridized carbons (Fsp3) is 0.278. The van der Waals surface area contributed by atoms with Crippen molar-refractivity contribution < 1.29 is 13.2 Å². The molecular weight excluding hydrogens is 324 g/mol. The highest BCUT2D eigenvalue weighted by atomic mass is 32.2. The average molecular weight is 344 g/mol. The summed E-state index contributed by atoms with van der Waals surface area (Å²) >= 11 is 0. The lowest BCUT2D eigenvalue weighted by Crippen LogP contribution is -2.31. The second-order valence-corrected chi connectivity index (χ2v) is 7.84. The molecule has 24 heavy (non-hydrogen) atoms. The zero-order chi connectivity index (χ0) is 17.2. The summed E-state index contributed by atoms with van der Waals surface area (Å²) in [4.78, 5) is 14.2.